The van der Waals surface area contributed by atoms with E-state index in [9.17, 15) is 9.59 Å². The molecule has 4 nitrogen and oxygen atoms in total. The van der Waals surface area contributed by atoms with Crippen LogP contribution in [0.1, 0.15) is 39.9 Å². The van der Waals surface area contributed by atoms with E-state index in [1.165, 1.54) is 11.3 Å². The van der Waals surface area contributed by atoms with Gasteiger partial charge in [-0.15, -0.1) is 11.3 Å². The number of benzene rings is 1. The molecular weight excluding hydrogens is 334 g/mol. The standard InChI is InChI=1S/C20H23NO3S/c1-15(22)18-8-7-17(25-18)9-12-21-19(23)20(10-13-24-14-11-20)16-5-3-2-4-6-16/h2-8H,9-14H2,1H3,(H,21,23). The van der Waals surface area contributed by atoms with Gasteiger partial charge in [-0.2, -0.15) is 0 Å². The van der Waals surface area contributed by atoms with Crippen LogP contribution >= 0.6 is 11.3 Å². The van der Waals surface area contributed by atoms with Crippen LogP contribution < -0.4 is 5.32 Å². The monoisotopic (exact) mass is 357 g/mol. The zero-order valence-electron chi connectivity index (χ0n) is 14.4. The zero-order valence-corrected chi connectivity index (χ0v) is 15.2. The highest BCUT2D eigenvalue weighted by atomic mass is 32.1. The van der Waals surface area contributed by atoms with E-state index in [1.807, 2.05) is 42.5 Å². The molecular formula is C20H23NO3S. The van der Waals surface area contributed by atoms with Crippen molar-refractivity contribution in [2.24, 2.45) is 0 Å². The second kappa shape index (κ2) is 7.93. The summed E-state index contributed by atoms with van der Waals surface area (Å²) in [5.41, 5.74) is 0.560. The topological polar surface area (TPSA) is 55.4 Å². The molecule has 1 aromatic carbocycles. The van der Waals surface area contributed by atoms with Crippen molar-refractivity contribution in [1.82, 2.24) is 5.32 Å². The summed E-state index contributed by atoms with van der Waals surface area (Å²) < 4.78 is 5.49. The lowest BCUT2D eigenvalue weighted by Gasteiger charge is -2.36. The van der Waals surface area contributed by atoms with Crippen LogP contribution in [0, 0.1) is 0 Å². The first-order valence-corrected chi connectivity index (χ1v) is 9.45. The molecule has 0 unspecified atom stereocenters. The van der Waals surface area contributed by atoms with E-state index in [1.54, 1.807) is 6.92 Å². The molecule has 0 spiro atoms. The number of amides is 1. The van der Waals surface area contributed by atoms with Gasteiger partial charge in [0.2, 0.25) is 5.91 Å². The minimum atomic E-state index is -0.500. The van der Waals surface area contributed by atoms with Crippen molar-refractivity contribution in [2.75, 3.05) is 19.8 Å². The van der Waals surface area contributed by atoms with E-state index in [4.69, 9.17) is 4.74 Å². The molecule has 1 aromatic heterocycles. The average molecular weight is 357 g/mol. The summed E-state index contributed by atoms with van der Waals surface area (Å²) in [6.07, 6.45) is 2.15. The summed E-state index contributed by atoms with van der Waals surface area (Å²) in [5, 5.41) is 3.11. The molecule has 2 heterocycles. The molecule has 0 radical (unpaired) electrons. The zero-order chi connectivity index (χ0) is 17.7. The Bertz CT molecular complexity index is 732. The van der Waals surface area contributed by atoms with Crippen molar-refractivity contribution in [3.05, 3.63) is 57.8 Å². The van der Waals surface area contributed by atoms with Crippen molar-refractivity contribution in [1.29, 1.82) is 0 Å². The first-order valence-electron chi connectivity index (χ1n) is 8.63. The number of carbonyl (C=O) groups is 2. The highest BCUT2D eigenvalue weighted by molar-refractivity contribution is 7.14. The number of ketones is 1. The molecule has 0 saturated carbocycles. The van der Waals surface area contributed by atoms with Crippen LogP contribution in [-0.2, 0) is 21.4 Å². The predicted molar refractivity (Wildman–Crippen MR) is 99.2 cm³/mol. The van der Waals surface area contributed by atoms with Crippen molar-refractivity contribution in [3.8, 4) is 0 Å². The van der Waals surface area contributed by atoms with Crippen LogP contribution in [-0.4, -0.2) is 31.4 Å². The summed E-state index contributed by atoms with van der Waals surface area (Å²) in [6.45, 7) is 3.36. The first kappa shape index (κ1) is 17.8. The largest absolute Gasteiger partial charge is 0.381 e. The van der Waals surface area contributed by atoms with Crippen molar-refractivity contribution < 1.29 is 14.3 Å². The number of nitrogens with one attached hydrogen (secondary N) is 1. The smallest absolute Gasteiger partial charge is 0.230 e. The first-order chi connectivity index (χ1) is 12.1. The molecule has 1 amide bonds. The summed E-state index contributed by atoms with van der Waals surface area (Å²) in [4.78, 5) is 26.3. The number of Topliss-reactive ketones (excluding diaryl/α,β-unsaturated/α-hetero) is 1. The van der Waals surface area contributed by atoms with Crippen LogP contribution in [0.4, 0.5) is 0 Å². The maximum atomic E-state index is 13.0. The highest BCUT2D eigenvalue weighted by Gasteiger charge is 2.41. The summed E-state index contributed by atoms with van der Waals surface area (Å²) >= 11 is 1.50. The van der Waals surface area contributed by atoms with Gasteiger partial charge in [0.15, 0.2) is 5.78 Å². The van der Waals surface area contributed by atoms with Gasteiger partial charge in [-0.05, 0) is 43.9 Å². The van der Waals surface area contributed by atoms with Gasteiger partial charge in [-0.1, -0.05) is 30.3 Å². The fourth-order valence-corrected chi connectivity index (χ4v) is 4.20. The predicted octanol–water partition coefficient (Wildman–Crippen LogP) is 3.36. The molecule has 0 aliphatic carbocycles. The fraction of sp³-hybridized carbons (Fsp3) is 0.400. The minimum Gasteiger partial charge on any atom is -0.381 e. The van der Waals surface area contributed by atoms with Crippen LogP contribution in [0.5, 0.6) is 0 Å². The molecule has 1 aliphatic heterocycles. The van der Waals surface area contributed by atoms with E-state index in [-0.39, 0.29) is 11.7 Å². The van der Waals surface area contributed by atoms with Crippen molar-refractivity contribution in [2.45, 2.75) is 31.6 Å². The number of thiophene rings is 1. The third kappa shape index (κ3) is 3.99. The van der Waals surface area contributed by atoms with E-state index in [0.717, 1.165) is 21.7 Å². The fourth-order valence-electron chi connectivity index (χ4n) is 3.29. The molecule has 3 rings (SSSR count). The molecule has 0 bridgehead atoms. The molecule has 1 saturated heterocycles. The molecule has 1 N–H and O–H groups in total. The van der Waals surface area contributed by atoms with Crippen molar-refractivity contribution in [3.63, 3.8) is 0 Å². The summed E-state index contributed by atoms with van der Waals surface area (Å²) in [6, 6.07) is 13.8. The lowest BCUT2D eigenvalue weighted by atomic mass is 9.73. The van der Waals surface area contributed by atoms with Gasteiger partial charge >= 0.3 is 0 Å². The number of rotatable bonds is 6. The summed E-state index contributed by atoms with van der Waals surface area (Å²) in [7, 11) is 0. The number of hydrogen-bond acceptors (Lipinski definition) is 4. The number of carbonyl (C=O) groups excluding carboxylic acids is 2. The minimum absolute atomic E-state index is 0.0744. The Balaban J connectivity index is 1.65. The van der Waals surface area contributed by atoms with E-state index >= 15 is 0 Å². The lowest BCUT2D eigenvalue weighted by molar-refractivity contribution is -0.130. The quantitative estimate of drug-likeness (QED) is 0.807. The SMILES string of the molecule is CC(=O)c1ccc(CCNC(=O)C2(c3ccccc3)CCOCC2)s1. The van der Waals surface area contributed by atoms with E-state index < -0.39 is 5.41 Å². The van der Waals surface area contributed by atoms with Crippen molar-refractivity contribution >= 4 is 23.0 Å². The van der Waals surface area contributed by atoms with E-state index in [0.29, 0.717) is 32.6 Å². The van der Waals surface area contributed by atoms with Gasteiger partial charge in [0, 0.05) is 24.6 Å². The molecule has 25 heavy (non-hydrogen) atoms. The Morgan fingerprint density at radius 1 is 1.12 bits per heavy atom. The van der Waals surface area contributed by atoms with Gasteiger partial charge in [0.1, 0.15) is 0 Å². The number of hydrogen-bond donors (Lipinski definition) is 1. The average Bonchev–Trinajstić information content (AvgIpc) is 3.12. The Morgan fingerprint density at radius 2 is 1.84 bits per heavy atom. The maximum Gasteiger partial charge on any atom is 0.230 e. The van der Waals surface area contributed by atoms with Gasteiger partial charge < -0.3 is 10.1 Å². The van der Waals surface area contributed by atoms with Crippen LogP contribution in [0.15, 0.2) is 42.5 Å². The number of ether oxygens (including phenoxy) is 1. The maximum absolute atomic E-state index is 13.0. The van der Waals surface area contributed by atoms with Gasteiger partial charge in [-0.25, -0.2) is 0 Å². The molecule has 1 fully saturated rings. The lowest BCUT2D eigenvalue weighted by Crippen LogP contribution is -2.48. The molecule has 0 atom stereocenters. The highest BCUT2D eigenvalue weighted by Crippen LogP contribution is 2.35. The normalized spacial score (nSPS) is 16.4. The molecule has 2 aromatic rings. The Labute approximate surface area is 152 Å². The van der Waals surface area contributed by atoms with Gasteiger partial charge in [0.25, 0.3) is 0 Å². The molecule has 5 heteroatoms. The summed E-state index contributed by atoms with van der Waals surface area (Å²) in [5.74, 6) is 0.163. The Hall–Kier alpha value is -1.98. The van der Waals surface area contributed by atoms with Gasteiger partial charge in [-0.3, -0.25) is 9.59 Å². The molecule has 132 valence electrons. The second-order valence-corrected chi connectivity index (χ2v) is 7.56. The third-order valence-electron chi connectivity index (χ3n) is 4.77. The van der Waals surface area contributed by atoms with Crippen LogP contribution in [0.3, 0.4) is 0 Å². The Morgan fingerprint density at radius 3 is 2.48 bits per heavy atom. The van der Waals surface area contributed by atoms with E-state index in [2.05, 4.69) is 5.32 Å². The van der Waals surface area contributed by atoms with Crippen LogP contribution in [0.25, 0.3) is 0 Å². The van der Waals surface area contributed by atoms with Crippen LogP contribution in [0.2, 0.25) is 0 Å². The Kier molecular flexibility index (Phi) is 5.66. The third-order valence-corrected chi connectivity index (χ3v) is 6.02. The molecule has 1 aliphatic rings. The van der Waals surface area contributed by atoms with Gasteiger partial charge in [0.05, 0.1) is 10.3 Å². The second-order valence-electron chi connectivity index (χ2n) is 6.39.